The predicted molar refractivity (Wildman–Crippen MR) is 98.8 cm³/mol. The van der Waals surface area contributed by atoms with Crippen LogP contribution in [-0.4, -0.2) is 18.5 Å². The van der Waals surface area contributed by atoms with Crippen molar-refractivity contribution in [3.05, 3.63) is 50.3 Å². The van der Waals surface area contributed by atoms with E-state index in [0.717, 1.165) is 4.88 Å². The van der Waals surface area contributed by atoms with Crippen molar-refractivity contribution in [2.45, 2.75) is 26.7 Å². The molecule has 0 radical (unpaired) electrons. The molecule has 0 aliphatic rings. The van der Waals surface area contributed by atoms with E-state index in [2.05, 4.69) is 5.32 Å². The topological polar surface area (TPSA) is 55.4 Å². The largest absolute Gasteiger partial charge is 0.462 e. The van der Waals surface area contributed by atoms with E-state index in [0.29, 0.717) is 26.2 Å². The number of thiophene rings is 1. The first-order valence-electron chi connectivity index (χ1n) is 7.40. The Kier molecular flexibility index (Phi) is 6.27. The second-order valence-corrected chi connectivity index (χ2v) is 7.25. The van der Waals surface area contributed by atoms with E-state index < -0.39 is 5.97 Å². The van der Waals surface area contributed by atoms with Crippen LogP contribution in [0.15, 0.2) is 24.3 Å². The summed E-state index contributed by atoms with van der Waals surface area (Å²) in [6, 6.07) is 6.38. The lowest BCUT2D eigenvalue weighted by Gasteiger charge is -2.07. The van der Waals surface area contributed by atoms with Gasteiger partial charge in [-0.3, -0.25) is 4.79 Å². The zero-order chi connectivity index (χ0) is 17.9. The Morgan fingerprint density at radius 3 is 2.50 bits per heavy atom. The number of rotatable bonds is 5. The summed E-state index contributed by atoms with van der Waals surface area (Å²) in [5.41, 5.74) is 0.720. The summed E-state index contributed by atoms with van der Waals surface area (Å²) in [4.78, 5) is 25.5. The Morgan fingerprint density at radius 2 is 1.92 bits per heavy atom. The van der Waals surface area contributed by atoms with Gasteiger partial charge in [0.2, 0.25) is 0 Å². The van der Waals surface area contributed by atoms with E-state index in [4.69, 9.17) is 27.9 Å². The van der Waals surface area contributed by atoms with Crippen molar-refractivity contribution in [1.82, 2.24) is 0 Å². The van der Waals surface area contributed by atoms with Gasteiger partial charge >= 0.3 is 5.97 Å². The Hall–Kier alpha value is -1.56. The molecule has 0 unspecified atom stereocenters. The molecule has 1 aromatic heterocycles. The van der Waals surface area contributed by atoms with Gasteiger partial charge in [-0.2, -0.15) is 0 Å². The molecule has 0 aliphatic heterocycles. The van der Waals surface area contributed by atoms with E-state index in [1.807, 2.05) is 13.8 Å². The first-order chi connectivity index (χ1) is 11.3. The number of hydrogen-bond donors (Lipinski definition) is 1. The Bertz CT molecular complexity index is 771. The highest BCUT2D eigenvalue weighted by atomic mass is 35.5. The highest BCUT2D eigenvalue weighted by Crippen LogP contribution is 2.34. The summed E-state index contributed by atoms with van der Waals surface area (Å²) >= 11 is 13.2. The van der Waals surface area contributed by atoms with Crippen molar-refractivity contribution in [3.8, 4) is 0 Å². The van der Waals surface area contributed by atoms with Crippen LogP contribution in [0.25, 0.3) is 0 Å². The maximum Gasteiger partial charge on any atom is 0.341 e. The van der Waals surface area contributed by atoms with Gasteiger partial charge in [-0.25, -0.2) is 4.79 Å². The van der Waals surface area contributed by atoms with Gasteiger partial charge in [0.25, 0.3) is 5.91 Å². The van der Waals surface area contributed by atoms with Crippen molar-refractivity contribution in [2.75, 3.05) is 11.9 Å². The van der Waals surface area contributed by atoms with Crippen molar-refractivity contribution >= 4 is 51.4 Å². The van der Waals surface area contributed by atoms with Crippen LogP contribution >= 0.6 is 34.5 Å². The molecule has 24 heavy (non-hydrogen) atoms. The fourth-order valence-corrected chi connectivity index (χ4v) is 3.30. The van der Waals surface area contributed by atoms with Crippen LogP contribution in [-0.2, 0) is 4.74 Å². The molecule has 4 nitrogen and oxygen atoms in total. The zero-order valence-electron chi connectivity index (χ0n) is 13.5. The van der Waals surface area contributed by atoms with Gasteiger partial charge < -0.3 is 10.1 Å². The normalized spacial score (nSPS) is 10.8. The van der Waals surface area contributed by atoms with Crippen molar-refractivity contribution in [1.29, 1.82) is 0 Å². The molecule has 0 saturated heterocycles. The Balaban J connectivity index is 2.31. The second kappa shape index (κ2) is 8.01. The average molecular weight is 386 g/mol. The fraction of sp³-hybridized carbons (Fsp3) is 0.294. The standard InChI is InChI=1S/C17H17Cl2NO3S/c1-4-23-17(22)11-8-14(9(2)3)24-16(11)20-15(21)10-5-6-12(18)13(19)7-10/h5-9H,4H2,1-3H3,(H,20,21). The number of nitrogens with one attached hydrogen (secondary N) is 1. The Morgan fingerprint density at radius 1 is 1.21 bits per heavy atom. The quantitative estimate of drug-likeness (QED) is 0.680. The number of benzene rings is 1. The van der Waals surface area contributed by atoms with Gasteiger partial charge in [0.15, 0.2) is 0 Å². The van der Waals surface area contributed by atoms with Crippen molar-refractivity contribution in [3.63, 3.8) is 0 Å². The highest BCUT2D eigenvalue weighted by Gasteiger charge is 2.21. The maximum absolute atomic E-state index is 12.4. The lowest BCUT2D eigenvalue weighted by atomic mass is 10.1. The van der Waals surface area contributed by atoms with Crippen LogP contribution in [0.4, 0.5) is 5.00 Å². The molecule has 128 valence electrons. The number of amides is 1. The molecular formula is C17H17Cl2NO3S. The summed E-state index contributed by atoms with van der Waals surface area (Å²) in [6.07, 6.45) is 0. The van der Waals surface area contributed by atoms with Crippen LogP contribution in [0.2, 0.25) is 10.0 Å². The maximum atomic E-state index is 12.4. The number of anilines is 1. The molecule has 2 aromatic rings. The van der Waals surface area contributed by atoms with E-state index in [1.165, 1.54) is 17.4 Å². The molecular weight excluding hydrogens is 369 g/mol. The van der Waals surface area contributed by atoms with Gasteiger partial charge in [0, 0.05) is 10.4 Å². The molecule has 0 fully saturated rings. The van der Waals surface area contributed by atoms with E-state index in [-0.39, 0.29) is 18.4 Å². The average Bonchev–Trinajstić information content (AvgIpc) is 2.94. The third-order valence-electron chi connectivity index (χ3n) is 3.22. The second-order valence-electron chi connectivity index (χ2n) is 5.35. The third kappa shape index (κ3) is 4.29. The lowest BCUT2D eigenvalue weighted by Crippen LogP contribution is -2.14. The van der Waals surface area contributed by atoms with Gasteiger partial charge in [0.05, 0.1) is 22.2 Å². The van der Waals surface area contributed by atoms with E-state index >= 15 is 0 Å². The highest BCUT2D eigenvalue weighted by molar-refractivity contribution is 7.16. The summed E-state index contributed by atoms with van der Waals surface area (Å²) in [5, 5.41) is 3.90. The minimum absolute atomic E-state index is 0.235. The fourth-order valence-electron chi connectivity index (χ4n) is 1.96. The third-order valence-corrected chi connectivity index (χ3v) is 5.31. The van der Waals surface area contributed by atoms with Gasteiger partial charge in [0.1, 0.15) is 5.00 Å². The molecule has 1 heterocycles. The van der Waals surface area contributed by atoms with Crippen molar-refractivity contribution < 1.29 is 14.3 Å². The molecule has 2 rings (SSSR count). The molecule has 1 aromatic carbocycles. The number of carbonyl (C=O) groups excluding carboxylic acids is 2. The summed E-state index contributed by atoms with van der Waals surface area (Å²) in [6.45, 7) is 6.05. The van der Waals surface area contributed by atoms with Crippen LogP contribution in [0, 0.1) is 0 Å². The lowest BCUT2D eigenvalue weighted by molar-refractivity contribution is 0.0528. The number of esters is 1. The van der Waals surface area contributed by atoms with E-state index in [9.17, 15) is 9.59 Å². The SMILES string of the molecule is CCOC(=O)c1cc(C(C)C)sc1NC(=O)c1ccc(Cl)c(Cl)c1. The van der Waals surface area contributed by atoms with Crippen LogP contribution in [0.1, 0.15) is 52.3 Å². The predicted octanol–water partition coefficient (Wildman–Crippen LogP) is 5.61. The molecule has 0 bridgehead atoms. The monoisotopic (exact) mass is 385 g/mol. The summed E-state index contributed by atoms with van der Waals surface area (Å²) in [5.74, 6) is -0.583. The summed E-state index contributed by atoms with van der Waals surface area (Å²) in [7, 11) is 0. The zero-order valence-corrected chi connectivity index (χ0v) is 15.8. The number of ether oxygens (including phenoxy) is 1. The molecule has 1 N–H and O–H groups in total. The molecule has 0 saturated carbocycles. The first kappa shape index (κ1) is 18.8. The summed E-state index contributed by atoms with van der Waals surface area (Å²) < 4.78 is 5.06. The number of halogens is 2. The van der Waals surface area contributed by atoms with Crippen LogP contribution in [0.3, 0.4) is 0 Å². The van der Waals surface area contributed by atoms with E-state index in [1.54, 1.807) is 25.1 Å². The van der Waals surface area contributed by atoms with Gasteiger partial charge in [-0.15, -0.1) is 11.3 Å². The minimum Gasteiger partial charge on any atom is -0.462 e. The first-order valence-corrected chi connectivity index (χ1v) is 8.98. The number of carbonyl (C=O) groups is 2. The van der Waals surface area contributed by atoms with Gasteiger partial charge in [-0.1, -0.05) is 37.0 Å². The van der Waals surface area contributed by atoms with Gasteiger partial charge in [-0.05, 0) is 37.1 Å². The number of hydrogen-bond acceptors (Lipinski definition) is 4. The van der Waals surface area contributed by atoms with Crippen LogP contribution < -0.4 is 5.32 Å². The molecule has 0 atom stereocenters. The Labute approximate surface area is 154 Å². The molecule has 7 heteroatoms. The van der Waals surface area contributed by atoms with Crippen LogP contribution in [0.5, 0.6) is 0 Å². The molecule has 0 aliphatic carbocycles. The molecule has 1 amide bonds. The van der Waals surface area contributed by atoms with Crippen molar-refractivity contribution in [2.24, 2.45) is 0 Å². The minimum atomic E-state index is -0.454. The molecule has 0 spiro atoms. The smallest absolute Gasteiger partial charge is 0.341 e.